The molecule has 0 unspecified atom stereocenters. The molecule has 0 atom stereocenters. The summed E-state index contributed by atoms with van der Waals surface area (Å²) >= 11 is 0. The number of benzene rings is 1. The number of rotatable bonds is 10. The molecule has 1 aliphatic carbocycles. The minimum absolute atomic E-state index is 0.158. The highest BCUT2D eigenvalue weighted by atomic mass is 32.2. The molecule has 4 rings (SSSR count). The van der Waals surface area contributed by atoms with Crippen LogP contribution in [0, 0.1) is 5.82 Å². The van der Waals surface area contributed by atoms with Crippen LogP contribution in [0.2, 0.25) is 0 Å². The first-order valence-electron chi connectivity index (χ1n) is 11.3. The number of carbonyl (C=O) groups is 1. The van der Waals surface area contributed by atoms with Crippen molar-refractivity contribution in [2.45, 2.75) is 25.7 Å². The molecule has 1 amide bonds. The van der Waals surface area contributed by atoms with Gasteiger partial charge in [-0.15, -0.1) is 0 Å². The molecule has 190 valence electrons. The standard InChI is InChI=1S/C24H27FN6O4S/c1-4-35-30-24(32)19-14-27-23(28-18-10-17(25)12-26-13-18)11-21(19)29-20-8-7-16(15-5-6-15)9-22(20)31(2)36(3,33)34/h7-15H,4-6H2,1-3H3,(H,30,32)(H2,27,28,29). The number of aromatic nitrogens is 2. The lowest BCUT2D eigenvalue weighted by Gasteiger charge is -2.23. The van der Waals surface area contributed by atoms with Crippen molar-refractivity contribution in [2.24, 2.45) is 0 Å². The molecular formula is C24H27FN6O4S. The minimum atomic E-state index is -3.56. The molecule has 10 nitrogen and oxygen atoms in total. The van der Waals surface area contributed by atoms with Crippen molar-refractivity contribution in [1.29, 1.82) is 0 Å². The van der Waals surface area contributed by atoms with Gasteiger partial charge in [0.2, 0.25) is 10.0 Å². The summed E-state index contributed by atoms with van der Waals surface area (Å²) in [6.07, 6.45) is 7.10. The van der Waals surface area contributed by atoms with Gasteiger partial charge in [-0.2, -0.15) is 0 Å². The number of nitrogens with one attached hydrogen (secondary N) is 3. The number of sulfonamides is 1. The van der Waals surface area contributed by atoms with Crippen molar-refractivity contribution in [3.05, 3.63) is 65.9 Å². The lowest BCUT2D eigenvalue weighted by Crippen LogP contribution is -2.26. The molecule has 0 spiro atoms. The average Bonchev–Trinajstić information content (AvgIpc) is 3.67. The largest absolute Gasteiger partial charge is 0.353 e. The Hall–Kier alpha value is -3.77. The van der Waals surface area contributed by atoms with E-state index in [1.807, 2.05) is 12.1 Å². The molecule has 12 heteroatoms. The molecular weight excluding hydrogens is 487 g/mol. The van der Waals surface area contributed by atoms with Crippen LogP contribution in [0.15, 0.2) is 48.9 Å². The third-order valence-corrected chi connectivity index (χ3v) is 6.80. The van der Waals surface area contributed by atoms with Crippen LogP contribution in [0.1, 0.15) is 41.6 Å². The minimum Gasteiger partial charge on any atom is -0.353 e. The summed E-state index contributed by atoms with van der Waals surface area (Å²) in [5.41, 5.74) is 5.16. The smallest absolute Gasteiger partial charge is 0.278 e. The highest BCUT2D eigenvalue weighted by Crippen LogP contribution is 2.43. The average molecular weight is 515 g/mol. The highest BCUT2D eigenvalue weighted by Gasteiger charge is 2.26. The number of hydroxylamine groups is 1. The molecule has 1 aromatic carbocycles. The van der Waals surface area contributed by atoms with Gasteiger partial charge in [0.1, 0.15) is 11.6 Å². The molecule has 0 saturated heterocycles. The van der Waals surface area contributed by atoms with E-state index in [0.717, 1.165) is 30.9 Å². The normalized spacial score (nSPS) is 13.2. The number of amides is 1. The molecule has 1 fully saturated rings. The van der Waals surface area contributed by atoms with Gasteiger partial charge >= 0.3 is 0 Å². The van der Waals surface area contributed by atoms with Gasteiger partial charge in [0.25, 0.3) is 5.91 Å². The van der Waals surface area contributed by atoms with Crippen molar-refractivity contribution in [1.82, 2.24) is 15.4 Å². The van der Waals surface area contributed by atoms with Gasteiger partial charge in [-0.25, -0.2) is 23.3 Å². The van der Waals surface area contributed by atoms with E-state index >= 15 is 0 Å². The van der Waals surface area contributed by atoms with Gasteiger partial charge in [-0.3, -0.25) is 18.9 Å². The van der Waals surface area contributed by atoms with E-state index in [1.165, 1.54) is 29.8 Å². The topological polar surface area (TPSA) is 126 Å². The van der Waals surface area contributed by atoms with Crippen molar-refractivity contribution in [2.75, 3.05) is 34.8 Å². The summed E-state index contributed by atoms with van der Waals surface area (Å²) in [6.45, 7) is 1.99. The Kier molecular flexibility index (Phi) is 7.36. The zero-order valence-electron chi connectivity index (χ0n) is 20.1. The fourth-order valence-electron chi connectivity index (χ4n) is 3.54. The third kappa shape index (κ3) is 6.07. The zero-order chi connectivity index (χ0) is 25.9. The maximum absolute atomic E-state index is 13.6. The molecule has 3 N–H and O–H groups in total. The van der Waals surface area contributed by atoms with E-state index in [2.05, 4.69) is 26.1 Å². The number of anilines is 5. The van der Waals surface area contributed by atoms with Crippen LogP contribution in [-0.4, -0.2) is 44.2 Å². The highest BCUT2D eigenvalue weighted by molar-refractivity contribution is 7.92. The van der Waals surface area contributed by atoms with E-state index in [1.54, 1.807) is 19.1 Å². The molecule has 0 radical (unpaired) electrons. The van der Waals surface area contributed by atoms with Crippen LogP contribution >= 0.6 is 0 Å². The van der Waals surface area contributed by atoms with E-state index in [-0.39, 0.29) is 12.2 Å². The van der Waals surface area contributed by atoms with E-state index in [0.29, 0.717) is 34.5 Å². The monoisotopic (exact) mass is 514 g/mol. The Bertz CT molecular complexity index is 1380. The fraction of sp³-hybridized carbons (Fsp3) is 0.292. The number of carbonyl (C=O) groups excluding carboxylic acids is 1. The van der Waals surface area contributed by atoms with Crippen LogP contribution in [-0.2, 0) is 14.9 Å². The van der Waals surface area contributed by atoms with Gasteiger partial charge in [0.05, 0.1) is 53.6 Å². The maximum atomic E-state index is 13.6. The van der Waals surface area contributed by atoms with E-state index in [4.69, 9.17) is 4.84 Å². The Balaban J connectivity index is 1.74. The van der Waals surface area contributed by atoms with Gasteiger partial charge in [0.15, 0.2) is 0 Å². The second kappa shape index (κ2) is 10.5. The summed E-state index contributed by atoms with van der Waals surface area (Å²) in [6, 6.07) is 8.40. The number of pyridine rings is 2. The summed E-state index contributed by atoms with van der Waals surface area (Å²) in [7, 11) is -2.08. The molecule has 1 saturated carbocycles. The molecule has 2 heterocycles. The van der Waals surface area contributed by atoms with Gasteiger partial charge in [0, 0.05) is 25.4 Å². The van der Waals surface area contributed by atoms with E-state index < -0.39 is 21.7 Å². The summed E-state index contributed by atoms with van der Waals surface area (Å²) in [5.74, 6) is -0.339. The first kappa shape index (κ1) is 25.3. The van der Waals surface area contributed by atoms with Crippen molar-refractivity contribution in [3.63, 3.8) is 0 Å². The second-order valence-corrected chi connectivity index (χ2v) is 10.4. The van der Waals surface area contributed by atoms with Crippen LogP contribution < -0.4 is 20.4 Å². The molecule has 0 bridgehead atoms. The first-order chi connectivity index (χ1) is 17.2. The van der Waals surface area contributed by atoms with Crippen LogP contribution in [0.25, 0.3) is 0 Å². The predicted molar refractivity (Wildman–Crippen MR) is 136 cm³/mol. The SMILES string of the molecule is CCONC(=O)c1cnc(Nc2cncc(F)c2)cc1Nc1ccc(C2CC2)cc1N(C)S(C)(=O)=O. The van der Waals surface area contributed by atoms with E-state index in [9.17, 15) is 17.6 Å². The summed E-state index contributed by atoms with van der Waals surface area (Å²) < 4.78 is 39.5. The van der Waals surface area contributed by atoms with Gasteiger partial charge in [-0.1, -0.05) is 6.07 Å². The molecule has 36 heavy (non-hydrogen) atoms. The summed E-state index contributed by atoms with van der Waals surface area (Å²) in [5, 5.41) is 6.13. The Morgan fingerprint density at radius 3 is 2.58 bits per heavy atom. The molecule has 1 aliphatic rings. The van der Waals surface area contributed by atoms with Crippen molar-refractivity contribution in [3.8, 4) is 0 Å². The van der Waals surface area contributed by atoms with Crippen molar-refractivity contribution < 1.29 is 22.4 Å². The Morgan fingerprint density at radius 1 is 1.14 bits per heavy atom. The quantitative estimate of drug-likeness (QED) is 0.346. The Labute approximate surface area is 208 Å². The van der Waals surface area contributed by atoms with Crippen LogP contribution in [0.3, 0.4) is 0 Å². The molecule has 2 aromatic heterocycles. The number of hydrogen-bond donors (Lipinski definition) is 3. The van der Waals surface area contributed by atoms with Gasteiger partial charge < -0.3 is 10.6 Å². The number of nitrogens with zero attached hydrogens (tertiary/aromatic N) is 3. The van der Waals surface area contributed by atoms with Crippen molar-refractivity contribution >= 4 is 44.5 Å². The lowest BCUT2D eigenvalue weighted by atomic mass is 10.1. The zero-order valence-corrected chi connectivity index (χ0v) is 20.9. The maximum Gasteiger partial charge on any atom is 0.278 e. The van der Waals surface area contributed by atoms with Crippen LogP contribution in [0.4, 0.5) is 33.0 Å². The summed E-state index contributed by atoms with van der Waals surface area (Å²) in [4.78, 5) is 25.9. The molecule has 3 aromatic rings. The lowest BCUT2D eigenvalue weighted by molar-refractivity contribution is 0.0365. The van der Waals surface area contributed by atoms with Crippen LogP contribution in [0.5, 0.6) is 0 Å². The van der Waals surface area contributed by atoms with Gasteiger partial charge in [-0.05, 0) is 43.4 Å². The predicted octanol–water partition coefficient (Wildman–Crippen LogP) is 4.06. The number of hydrogen-bond acceptors (Lipinski definition) is 8. The fourth-order valence-corrected chi connectivity index (χ4v) is 4.05. The first-order valence-corrected chi connectivity index (χ1v) is 13.1. The second-order valence-electron chi connectivity index (χ2n) is 8.40. The third-order valence-electron chi connectivity index (χ3n) is 5.61. The molecule has 0 aliphatic heterocycles. The number of halogens is 1. The Morgan fingerprint density at radius 2 is 1.92 bits per heavy atom.